The molecule has 1 aromatic carbocycles. The molecule has 0 unspecified atom stereocenters. The zero-order valence-corrected chi connectivity index (χ0v) is 13.8. The van der Waals surface area contributed by atoms with Gasteiger partial charge in [-0.1, -0.05) is 17.3 Å². The van der Waals surface area contributed by atoms with Crippen molar-refractivity contribution in [2.24, 2.45) is 0 Å². The first-order valence-electron chi connectivity index (χ1n) is 8.16. The van der Waals surface area contributed by atoms with Gasteiger partial charge in [0.15, 0.2) is 5.69 Å². The van der Waals surface area contributed by atoms with E-state index in [1.54, 1.807) is 10.9 Å². The highest BCUT2D eigenvalue weighted by molar-refractivity contribution is 5.91. The summed E-state index contributed by atoms with van der Waals surface area (Å²) in [5.41, 5.74) is 0.846. The van der Waals surface area contributed by atoms with Crippen LogP contribution in [0.3, 0.4) is 0 Å². The summed E-state index contributed by atoms with van der Waals surface area (Å²) in [6, 6.07) is 5.53. The molecule has 1 aliphatic heterocycles. The molecule has 1 fully saturated rings. The molecule has 0 radical (unpaired) electrons. The number of carbonyl (C=O) groups excluding carboxylic acids is 1. The Morgan fingerprint density at radius 1 is 1.27 bits per heavy atom. The van der Waals surface area contributed by atoms with Crippen LogP contribution >= 0.6 is 0 Å². The van der Waals surface area contributed by atoms with Crippen LogP contribution in [0.25, 0.3) is 0 Å². The minimum absolute atomic E-state index is 0.158. The number of alkyl halides is 3. The van der Waals surface area contributed by atoms with Crippen molar-refractivity contribution in [3.8, 4) is 5.75 Å². The Morgan fingerprint density at radius 2 is 1.96 bits per heavy atom. The number of nitrogens with one attached hydrogen (secondary N) is 2. The Hall–Kier alpha value is -2.62. The molecule has 3 rings (SSSR count). The van der Waals surface area contributed by atoms with E-state index in [4.69, 9.17) is 0 Å². The third-order valence-corrected chi connectivity index (χ3v) is 4.04. The molecule has 1 aliphatic rings. The number of aromatic nitrogens is 3. The number of nitrogens with zero attached hydrogens (tertiary/aromatic N) is 3. The number of hydrogen-bond acceptors (Lipinski definition) is 5. The minimum atomic E-state index is -4.73. The molecule has 2 heterocycles. The Kier molecular flexibility index (Phi) is 5.40. The quantitative estimate of drug-likeness (QED) is 0.843. The number of halogens is 3. The topological polar surface area (TPSA) is 81.1 Å². The maximum atomic E-state index is 12.2. The van der Waals surface area contributed by atoms with Crippen LogP contribution < -0.4 is 15.4 Å². The summed E-state index contributed by atoms with van der Waals surface area (Å²) in [7, 11) is 0. The van der Waals surface area contributed by atoms with Crippen LogP contribution in [0.15, 0.2) is 30.5 Å². The van der Waals surface area contributed by atoms with Gasteiger partial charge < -0.3 is 15.4 Å². The fraction of sp³-hybridized carbons (Fsp3) is 0.438. The largest absolute Gasteiger partial charge is 0.573 e. The maximum absolute atomic E-state index is 12.2. The number of piperidine rings is 1. The lowest BCUT2D eigenvalue weighted by Crippen LogP contribution is -2.29. The van der Waals surface area contributed by atoms with E-state index in [1.807, 2.05) is 0 Å². The third-order valence-electron chi connectivity index (χ3n) is 4.04. The molecule has 0 bridgehead atoms. The molecule has 2 aromatic rings. The molecule has 2 N–H and O–H groups in total. The van der Waals surface area contributed by atoms with Gasteiger partial charge in [0.1, 0.15) is 5.75 Å². The van der Waals surface area contributed by atoms with Crippen LogP contribution in [0.2, 0.25) is 0 Å². The summed E-state index contributed by atoms with van der Waals surface area (Å²) in [6.07, 6.45) is -1.25. The number of ether oxygens (including phenoxy) is 1. The van der Waals surface area contributed by atoms with E-state index >= 15 is 0 Å². The molecule has 0 aliphatic carbocycles. The molecule has 0 atom stereocenters. The van der Waals surface area contributed by atoms with Gasteiger partial charge in [-0.2, -0.15) is 0 Å². The van der Waals surface area contributed by atoms with Crippen LogP contribution in [-0.4, -0.2) is 40.4 Å². The second kappa shape index (κ2) is 7.73. The summed E-state index contributed by atoms with van der Waals surface area (Å²) < 4.78 is 41.9. The number of benzene rings is 1. The lowest BCUT2D eigenvalue weighted by Gasteiger charge is -2.22. The lowest BCUT2D eigenvalue weighted by molar-refractivity contribution is -0.274. The van der Waals surface area contributed by atoms with Crippen molar-refractivity contribution in [1.29, 1.82) is 0 Å². The SMILES string of the molecule is O=C(NCc1ccc(OC(F)(F)F)cc1)c1cn(C2CCNCC2)nn1. The first kappa shape index (κ1) is 18.2. The van der Waals surface area contributed by atoms with Crippen LogP contribution in [0, 0.1) is 0 Å². The van der Waals surface area contributed by atoms with Gasteiger partial charge in [-0.05, 0) is 43.6 Å². The minimum Gasteiger partial charge on any atom is -0.406 e. The summed E-state index contributed by atoms with van der Waals surface area (Å²) >= 11 is 0. The first-order valence-corrected chi connectivity index (χ1v) is 8.16. The highest BCUT2D eigenvalue weighted by atomic mass is 19.4. The van der Waals surface area contributed by atoms with Crippen LogP contribution in [-0.2, 0) is 6.54 Å². The molecular weight excluding hydrogens is 351 g/mol. The van der Waals surface area contributed by atoms with Crippen molar-refractivity contribution in [3.63, 3.8) is 0 Å². The number of hydrogen-bond donors (Lipinski definition) is 2. The van der Waals surface area contributed by atoms with E-state index in [2.05, 4.69) is 25.7 Å². The third kappa shape index (κ3) is 4.94. The fourth-order valence-corrected chi connectivity index (χ4v) is 2.71. The van der Waals surface area contributed by atoms with E-state index < -0.39 is 6.36 Å². The smallest absolute Gasteiger partial charge is 0.406 e. The van der Waals surface area contributed by atoms with Gasteiger partial charge in [0.05, 0.1) is 12.2 Å². The van der Waals surface area contributed by atoms with Gasteiger partial charge in [0.2, 0.25) is 0 Å². The van der Waals surface area contributed by atoms with Crippen LogP contribution in [0.1, 0.15) is 34.9 Å². The molecule has 1 saturated heterocycles. The summed E-state index contributed by atoms with van der Waals surface area (Å²) in [6.45, 7) is 1.96. The molecule has 1 amide bonds. The molecule has 0 saturated carbocycles. The van der Waals surface area contributed by atoms with E-state index in [0.717, 1.165) is 25.9 Å². The van der Waals surface area contributed by atoms with E-state index in [1.165, 1.54) is 24.3 Å². The molecule has 1 aromatic heterocycles. The summed E-state index contributed by atoms with van der Waals surface area (Å²) in [5.74, 6) is -0.696. The normalized spacial score (nSPS) is 15.7. The average Bonchev–Trinajstić information content (AvgIpc) is 3.10. The van der Waals surface area contributed by atoms with Gasteiger partial charge in [-0.3, -0.25) is 4.79 Å². The highest BCUT2D eigenvalue weighted by Crippen LogP contribution is 2.22. The van der Waals surface area contributed by atoms with E-state index in [0.29, 0.717) is 5.56 Å². The number of amides is 1. The van der Waals surface area contributed by atoms with Crippen molar-refractivity contribution in [1.82, 2.24) is 25.6 Å². The maximum Gasteiger partial charge on any atom is 0.573 e. The number of rotatable bonds is 5. The van der Waals surface area contributed by atoms with Crippen molar-refractivity contribution in [3.05, 3.63) is 41.7 Å². The van der Waals surface area contributed by atoms with Crippen molar-refractivity contribution < 1.29 is 22.7 Å². The van der Waals surface area contributed by atoms with E-state index in [9.17, 15) is 18.0 Å². The van der Waals surface area contributed by atoms with E-state index in [-0.39, 0.29) is 29.9 Å². The van der Waals surface area contributed by atoms with Crippen LogP contribution in [0.5, 0.6) is 5.75 Å². The monoisotopic (exact) mass is 369 g/mol. The average molecular weight is 369 g/mol. The van der Waals surface area contributed by atoms with Crippen molar-refractivity contribution in [2.45, 2.75) is 31.8 Å². The van der Waals surface area contributed by atoms with Gasteiger partial charge in [-0.25, -0.2) is 4.68 Å². The Balaban J connectivity index is 1.53. The Labute approximate surface area is 147 Å². The summed E-state index contributed by atoms with van der Waals surface area (Å²) in [5, 5.41) is 13.8. The number of carbonyl (C=O) groups is 1. The second-order valence-electron chi connectivity index (χ2n) is 5.94. The van der Waals surface area contributed by atoms with Crippen LogP contribution in [0.4, 0.5) is 13.2 Å². The van der Waals surface area contributed by atoms with Gasteiger partial charge >= 0.3 is 6.36 Å². The molecule has 7 nitrogen and oxygen atoms in total. The fourth-order valence-electron chi connectivity index (χ4n) is 2.71. The molecule has 0 spiro atoms. The zero-order valence-electron chi connectivity index (χ0n) is 13.8. The second-order valence-corrected chi connectivity index (χ2v) is 5.94. The molecular formula is C16H18F3N5O2. The Morgan fingerprint density at radius 3 is 2.62 bits per heavy atom. The molecule has 10 heteroatoms. The van der Waals surface area contributed by atoms with Gasteiger partial charge in [-0.15, -0.1) is 18.3 Å². The summed E-state index contributed by atoms with van der Waals surface area (Å²) in [4.78, 5) is 12.2. The van der Waals surface area contributed by atoms with Crippen molar-refractivity contribution in [2.75, 3.05) is 13.1 Å². The standard InChI is InChI=1S/C16H18F3N5O2/c17-16(18,19)26-13-3-1-11(2-4-13)9-21-15(25)14-10-24(23-22-14)12-5-7-20-8-6-12/h1-4,10,12,20H,5-9H2,(H,21,25). The highest BCUT2D eigenvalue weighted by Gasteiger charge is 2.30. The predicted octanol–water partition coefficient (Wildman–Crippen LogP) is 2.03. The molecule has 140 valence electrons. The molecule has 26 heavy (non-hydrogen) atoms. The zero-order chi connectivity index (χ0) is 18.6. The van der Waals surface area contributed by atoms with Gasteiger partial charge in [0, 0.05) is 6.54 Å². The Bertz CT molecular complexity index is 739. The van der Waals surface area contributed by atoms with Crippen molar-refractivity contribution >= 4 is 5.91 Å². The first-order chi connectivity index (χ1) is 12.4. The lowest BCUT2D eigenvalue weighted by atomic mass is 10.1. The predicted molar refractivity (Wildman–Crippen MR) is 85.5 cm³/mol. The van der Waals surface area contributed by atoms with Gasteiger partial charge in [0.25, 0.3) is 5.91 Å².